The van der Waals surface area contributed by atoms with Gasteiger partial charge < -0.3 is 16.0 Å². The Kier molecular flexibility index (Phi) is 5.63. The number of primary amides is 1. The fourth-order valence-electron chi connectivity index (χ4n) is 3.91. The first-order valence-electron chi connectivity index (χ1n) is 8.44. The van der Waals surface area contributed by atoms with Gasteiger partial charge in [0, 0.05) is 25.2 Å². The van der Waals surface area contributed by atoms with Gasteiger partial charge >= 0.3 is 0 Å². The number of nitrogens with one attached hydrogen (secondary N) is 1. The summed E-state index contributed by atoms with van der Waals surface area (Å²) in [7, 11) is 4.32. The number of carbonyl (C=O) groups is 1. The molecule has 3 unspecified atom stereocenters. The minimum atomic E-state index is -0.477. The first-order valence-corrected chi connectivity index (χ1v) is 8.44. The van der Waals surface area contributed by atoms with Gasteiger partial charge in [0.25, 0.3) is 0 Å². The summed E-state index contributed by atoms with van der Waals surface area (Å²) in [6.07, 6.45) is 6.32. The summed E-state index contributed by atoms with van der Waals surface area (Å²) in [6.45, 7) is 5.27. The summed E-state index contributed by atoms with van der Waals surface area (Å²) in [4.78, 5) is 16.9. The Balaban J connectivity index is 2.00. The monoisotopic (exact) mass is 296 g/mol. The lowest BCUT2D eigenvalue weighted by Gasteiger charge is -2.42. The molecule has 0 aromatic rings. The second-order valence-corrected chi connectivity index (χ2v) is 7.02. The van der Waals surface area contributed by atoms with E-state index in [2.05, 4.69) is 36.1 Å². The van der Waals surface area contributed by atoms with Crippen LogP contribution in [0.2, 0.25) is 0 Å². The Morgan fingerprint density at radius 1 is 1.43 bits per heavy atom. The lowest BCUT2D eigenvalue weighted by atomic mass is 9.77. The zero-order chi connectivity index (χ0) is 15.5. The van der Waals surface area contributed by atoms with Gasteiger partial charge in [-0.05, 0) is 59.2 Å². The summed E-state index contributed by atoms with van der Waals surface area (Å²) in [5, 5.41) is 3.46. The molecule has 122 valence electrons. The fraction of sp³-hybridized carbons (Fsp3) is 0.938. The van der Waals surface area contributed by atoms with E-state index < -0.39 is 5.54 Å². The minimum Gasteiger partial charge on any atom is -0.368 e. The largest absolute Gasteiger partial charge is 0.368 e. The molecule has 1 saturated carbocycles. The van der Waals surface area contributed by atoms with Crippen LogP contribution in [-0.4, -0.2) is 67.1 Å². The van der Waals surface area contributed by atoms with Crippen LogP contribution in [0.1, 0.15) is 45.4 Å². The van der Waals surface area contributed by atoms with Crippen LogP contribution in [0, 0.1) is 0 Å². The molecular weight excluding hydrogens is 264 g/mol. The minimum absolute atomic E-state index is 0.163. The average Bonchev–Trinajstić information content (AvgIpc) is 2.95. The Morgan fingerprint density at radius 3 is 2.76 bits per heavy atom. The molecule has 1 amide bonds. The van der Waals surface area contributed by atoms with Crippen LogP contribution in [-0.2, 0) is 4.79 Å². The lowest BCUT2D eigenvalue weighted by molar-refractivity contribution is -0.126. The molecule has 0 aromatic carbocycles. The van der Waals surface area contributed by atoms with Crippen LogP contribution in [0.5, 0.6) is 0 Å². The van der Waals surface area contributed by atoms with Crippen molar-refractivity contribution in [2.24, 2.45) is 5.73 Å². The highest BCUT2D eigenvalue weighted by atomic mass is 16.1. The average molecular weight is 296 g/mol. The lowest BCUT2D eigenvalue weighted by Crippen LogP contribution is -2.60. The maximum Gasteiger partial charge on any atom is 0.237 e. The topological polar surface area (TPSA) is 61.6 Å². The maximum absolute atomic E-state index is 12.0. The van der Waals surface area contributed by atoms with E-state index in [0.717, 1.165) is 45.3 Å². The summed E-state index contributed by atoms with van der Waals surface area (Å²) in [5.74, 6) is -0.163. The highest BCUT2D eigenvalue weighted by Crippen LogP contribution is 2.33. The van der Waals surface area contributed by atoms with Gasteiger partial charge in [-0.2, -0.15) is 0 Å². The standard InChI is InChI=1S/C16H32N4O/c1-4-9-18-16(15(17)21)8-5-6-13(11-16)20-10-7-14(12-20)19(2)3/h13-14,18H,4-12H2,1-3H3,(H2,17,21). The zero-order valence-electron chi connectivity index (χ0n) is 13.9. The molecule has 21 heavy (non-hydrogen) atoms. The van der Waals surface area contributed by atoms with Crippen molar-refractivity contribution in [1.82, 2.24) is 15.1 Å². The van der Waals surface area contributed by atoms with E-state index in [1.807, 2.05) is 0 Å². The number of amides is 1. The van der Waals surface area contributed by atoms with E-state index in [0.29, 0.717) is 12.1 Å². The van der Waals surface area contributed by atoms with Gasteiger partial charge in [0.05, 0.1) is 5.54 Å². The molecule has 0 radical (unpaired) electrons. The van der Waals surface area contributed by atoms with E-state index in [4.69, 9.17) is 5.73 Å². The third-order valence-corrected chi connectivity index (χ3v) is 5.35. The number of carbonyl (C=O) groups excluding carboxylic acids is 1. The molecule has 0 spiro atoms. The molecule has 5 heteroatoms. The van der Waals surface area contributed by atoms with Crippen LogP contribution in [0.3, 0.4) is 0 Å². The molecule has 1 saturated heterocycles. The number of nitrogens with zero attached hydrogens (tertiary/aromatic N) is 2. The van der Waals surface area contributed by atoms with Gasteiger partial charge in [-0.3, -0.25) is 9.69 Å². The van der Waals surface area contributed by atoms with Crippen LogP contribution in [0.15, 0.2) is 0 Å². The molecule has 1 heterocycles. The van der Waals surface area contributed by atoms with Crippen LogP contribution >= 0.6 is 0 Å². The van der Waals surface area contributed by atoms with E-state index in [1.54, 1.807) is 0 Å². The van der Waals surface area contributed by atoms with E-state index in [-0.39, 0.29) is 5.91 Å². The molecule has 1 aliphatic heterocycles. The smallest absolute Gasteiger partial charge is 0.237 e. The van der Waals surface area contributed by atoms with E-state index >= 15 is 0 Å². The number of likely N-dealkylation sites (tertiary alicyclic amines) is 1. The maximum atomic E-state index is 12.0. The number of likely N-dealkylation sites (N-methyl/N-ethyl adjacent to an activating group) is 1. The fourth-order valence-corrected chi connectivity index (χ4v) is 3.91. The SMILES string of the molecule is CCCNC1(C(N)=O)CCCC(N2CCC(N(C)C)C2)C1. The molecule has 3 N–H and O–H groups in total. The van der Waals surface area contributed by atoms with Crippen molar-refractivity contribution in [1.29, 1.82) is 0 Å². The number of rotatable bonds is 6. The molecule has 2 fully saturated rings. The number of hydrogen-bond acceptors (Lipinski definition) is 4. The molecule has 1 aliphatic carbocycles. The van der Waals surface area contributed by atoms with E-state index in [9.17, 15) is 4.79 Å². The molecule has 0 aromatic heterocycles. The molecule has 3 atom stereocenters. The summed E-state index contributed by atoms with van der Waals surface area (Å²) in [5.41, 5.74) is 5.27. The van der Waals surface area contributed by atoms with Crippen LogP contribution in [0.25, 0.3) is 0 Å². The van der Waals surface area contributed by atoms with Gasteiger partial charge in [0.2, 0.25) is 5.91 Å². The van der Waals surface area contributed by atoms with Crippen molar-refractivity contribution in [3.05, 3.63) is 0 Å². The van der Waals surface area contributed by atoms with Gasteiger partial charge in [0.15, 0.2) is 0 Å². The normalized spacial score (nSPS) is 34.5. The zero-order valence-corrected chi connectivity index (χ0v) is 13.9. The van der Waals surface area contributed by atoms with Crippen LogP contribution < -0.4 is 11.1 Å². The molecule has 5 nitrogen and oxygen atoms in total. The molecule has 0 bridgehead atoms. The first kappa shape index (κ1) is 16.7. The second-order valence-electron chi connectivity index (χ2n) is 7.02. The molecule has 2 rings (SSSR count). The summed E-state index contributed by atoms with van der Waals surface area (Å²) < 4.78 is 0. The van der Waals surface area contributed by atoms with Crippen molar-refractivity contribution >= 4 is 5.91 Å². The van der Waals surface area contributed by atoms with Crippen molar-refractivity contribution in [3.8, 4) is 0 Å². The molecule has 2 aliphatic rings. The van der Waals surface area contributed by atoms with Crippen molar-refractivity contribution < 1.29 is 4.79 Å². The Bertz CT molecular complexity index is 360. The predicted molar refractivity (Wildman–Crippen MR) is 86.1 cm³/mol. The third kappa shape index (κ3) is 3.76. The van der Waals surface area contributed by atoms with Crippen LogP contribution in [0.4, 0.5) is 0 Å². The summed E-state index contributed by atoms with van der Waals surface area (Å²) >= 11 is 0. The first-order chi connectivity index (χ1) is 9.98. The highest BCUT2D eigenvalue weighted by molar-refractivity contribution is 5.84. The third-order valence-electron chi connectivity index (χ3n) is 5.35. The summed E-state index contributed by atoms with van der Waals surface area (Å²) in [6, 6.07) is 1.15. The van der Waals surface area contributed by atoms with Gasteiger partial charge in [-0.15, -0.1) is 0 Å². The number of nitrogens with two attached hydrogens (primary N) is 1. The van der Waals surface area contributed by atoms with E-state index in [1.165, 1.54) is 12.8 Å². The van der Waals surface area contributed by atoms with Crippen molar-refractivity contribution in [3.63, 3.8) is 0 Å². The Morgan fingerprint density at radius 2 is 2.19 bits per heavy atom. The van der Waals surface area contributed by atoms with Crippen molar-refractivity contribution in [2.75, 3.05) is 33.7 Å². The van der Waals surface area contributed by atoms with Gasteiger partial charge in [0.1, 0.15) is 0 Å². The predicted octanol–water partition coefficient (Wildman–Crippen LogP) is 0.789. The Labute approximate surface area is 129 Å². The quantitative estimate of drug-likeness (QED) is 0.761. The van der Waals surface area contributed by atoms with Gasteiger partial charge in [-0.25, -0.2) is 0 Å². The van der Waals surface area contributed by atoms with Gasteiger partial charge in [-0.1, -0.05) is 6.92 Å². The number of hydrogen-bond donors (Lipinski definition) is 2. The highest BCUT2D eigenvalue weighted by Gasteiger charge is 2.43. The van der Waals surface area contributed by atoms with Crippen molar-refractivity contribution in [2.45, 2.75) is 63.1 Å². The Hall–Kier alpha value is -0.650. The second kappa shape index (κ2) is 7.07. The molecular formula is C16H32N4O.